The van der Waals surface area contributed by atoms with Crippen LogP contribution in [0.15, 0.2) is 126 Å². The molecule has 8 rings (SSSR count). The van der Waals surface area contributed by atoms with Gasteiger partial charge in [-0.1, -0.05) is 140 Å². The number of esters is 1. The van der Waals surface area contributed by atoms with E-state index in [1.807, 2.05) is 142 Å². The van der Waals surface area contributed by atoms with E-state index in [0.29, 0.717) is 12.8 Å². The van der Waals surface area contributed by atoms with Crippen LogP contribution in [0.4, 0.5) is 4.79 Å². The summed E-state index contributed by atoms with van der Waals surface area (Å²) in [6.45, 7) is 6.26. The van der Waals surface area contributed by atoms with E-state index in [0.717, 1.165) is 22.3 Å². The van der Waals surface area contributed by atoms with Crippen molar-refractivity contribution >= 4 is 12.1 Å². The number of methoxy groups -OCH3 is 1. The Balaban J connectivity index is 1.18. The fourth-order valence-electron chi connectivity index (χ4n) is 9.27. The normalized spacial score (nSPS) is 32.2. The molecule has 0 spiro atoms. The van der Waals surface area contributed by atoms with Gasteiger partial charge < -0.3 is 57.4 Å². The average molecular weight is 937 g/mol. The summed E-state index contributed by atoms with van der Waals surface area (Å²) >= 11 is 0. The number of rotatable bonds is 20. The van der Waals surface area contributed by atoms with E-state index in [9.17, 15) is 15.1 Å². The molecule has 4 aromatic carbocycles. The zero-order chi connectivity index (χ0) is 47.4. The summed E-state index contributed by atoms with van der Waals surface area (Å²) in [5.74, 6) is -0.810. The fourth-order valence-corrected chi connectivity index (χ4v) is 9.27. The van der Waals surface area contributed by atoms with Gasteiger partial charge >= 0.3 is 12.1 Å². The van der Waals surface area contributed by atoms with Gasteiger partial charge in [-0.05, 0) is 47.6 Å². The SMILES string of the molecule is CCC1O[C@@H](C)[C@H]2NC(=O)OC2[C@@H]1O[C@@H]1OC(C(=O)OC)[C@@H](O[C@H]2OC(CC)[C@H](OCc3ccccc3)[C@@H](OCc3ccccc3)C2N=[N+]=[N-])[C@@H](OCc2ccccc2)C1OCc1ccccc1. The van der Waals surface area contributed by atoms with E-state index in [-0.39, 0.29) is 32.5 Å². The van der Waals surface area contributed by atoms with Gasteiger partial charge in [0.15, 0.2) is 24.8 Å². The number of nitrogens with zero attached hydrogens (tertiary/aromatic N) is 3. The summed E-state index contributed by atoms with van der Waals surface area (Å²) in [4.78, 5) is 30.2. The molecule has 4 aliphatic heterocycles. The zero-order valence-corrected chi connectivity index (χ0v) is 38.6. The van der Waals surface area contributed by atoms with Crippen molar-refractivity contribution in [2.24, 2.45) is 5.11 Å². The van der Waals surface area contributed by atoms with Crippen LogP contribution in [0, 0.1) is 0 Å². The van der Waals surface area contributed by atoms with Crippen LogP contribution < -0.4 is 5.32 Å². The summed E-state index contributed by atoms with van der Waals surface area (Å²) in [7, 11) is 1.24. The van der Waals surface area contributed by atoms with Gasteiger partial charge in [0.2, 0.25) is 0 Å². The third-order valence-corrected chi connectivity index (χ3v) is 12.7. The Morgan fingerprint density at radius 2 is 1.09 bits per heavy atom. The van der Waals surface area contributed by atoms with Gasteiger partial charge in [0.25, 0.3) is 0 Å². The number of amides is 1. The van der Waals surface area contributed by atoms with E-state index in [1.54, 1.807) is 0 Å². The third-order valence-electron chi connectivity index (χ3n) is 12.7. The topological polar surface area (TPSA) is 196 Å². The standard InChI is InChI=1S/C51H60N4O13/c1-5-36-40(59-27-32-19-11-7-12-20-32)42(60-28-33-21-13-8-14-22-33)39(54-55-52)49(64-36)66-45-44(61-29-34-23-15-9-16-24-34)47(62-30-35-25-17-10-18-26-35)50(67-46(45)48(56)58-4)65-41-37(6-2)63-31(3)38-43(41)68-51(57)53-38/h7-26,31,36-47,49-50H,5-6,27-30H2,1-4H3,(H,53,57)/t31-,36?,37?,38+,39?,40-,41+,42-,43?,44+,45-,46?,47?,49+,50+/m0/s1. The Hall–Kier alpha value is -5.43. The van der Waals surface area contributed by atoms with Crippen molar-refractivity contribution in [3.8, 4) is 0 Å². The minimum Gasteiger partial charge on any atom is -0.467 e. The Bertz CT molecular complexity index is 2240. The largest absolute Gasteiger partial charge is 0.467 e. The smallest absolute Gasteiger partial charge is 0.408 e. The first-order valence-corrected chi connectivity index (χ1v) is 23.3. The molecular formula is C51H60N4O13. The lowest BCUT2D eigenvalue weighted by Gasteiger charge is -2.50. The Morgan fingerprint density at radius 3 is 1.59 bits per heavy atom. The Labute approximate surface area is 396 Å². The van der Waals surface area contributed by atoms with Gasteiger partial charge in [0.05, 0.1) is 57.9 Å². The molecule has 362 valence electrons. The van der Waals surface area contributed by atoms with Crippen LogP contribution in [0.3, 0.4) is 0 Å². The lowest BCUT2D eigenvalue weighted by Crippen LogP contribution is -2.67. The van der Waals surface area contributed by atoms with Crippen LogP contribution in [0.2, 0.25) is 0 Å². The summed E-state index contributed by atoms with van der Waals surface area (Å²) in [5, 5.41) is 7.12. The highest BCUT2D eigenvalue weighted by Gasteiger charge is 2.58. The predicted molar refractivity (Wildman–Crippen MR) is 244 cm³/mol. The number of alkyl carbamates (subject to hydrolysis) is 1. The molecule has 6 unspecified atom stereocenters. The van der Waals surface area contributed by atoms with Crippen molar-refractivity contribution < 1.29 is 61.7 Å². The van der Waals surface area contributed by atoms with E-state index in [4.69, 9.17) is 52.1 Å². The number of nitrogens with one attached hydrogen (secondary N) is 1. The molecule has 0 radical (unpaired) electrons. The number of ether oxygens (including phenoxy) is 11. The number of hydrogen-bond donors (Lipinski definition) is 1. The monoisotopic (exact) mass is 936 g/mol. The second-order valence-corrected chi connectivity index (χ2v) is 17.2. The molecule has 15 atom stereocenters. The molecule has 1 amide bonds. The Morgan fingerprint density at radius 1 is 0.618 bits per heavy atom. The average Bonchev–Trinajstić information content (AvgIpc) is 3.78. The molecule has 4 aromatic rings. The molecule has 4 aliphatic rings. The first-order chi connectivity index (χ1) is 33.3. The number of benzene rings is 4. The van der Waals surface area contributed by atoms with Crippen molar-refractivity contribution in [1.82, 2.24) is 5.32 Å². The molecule has 0 saturated carbocycles. The van der Waals surface area contributed by atoms with Crippen LogP contribution in [0.1, 0.15) is 55.9 Å². The van der Waals surface area contributed by atoms with Crippen LogP contribution in [0.25, 0.3) is 10.4 Å². The van der Waals surface area contributed by atoms with Crippen molar-refractivity contribution in [2.75, 3.05) is 7.11 Å². The molecule has 4 fully saturated rings. The van der Waals surface area contributed by atoms with Gasteiger partial charge in [-0.25, -0.2) is 9.59 Å². The highest BCUT2D eigenvalue weighted by atomic mass is 16.8. The molecule has 0 aliphatic carbocycles. The van der Waals surface area contributed by atoms with E-state index in [2.05, 4.69) is 15.3 Å². The summed E-state index contributed by atoms with van der Waals surface area (Å²) in [6.07, 6.45) is -12.3. The molecule has 68 heavy (non-hydrogen) atoms. The summed E-state index contributed by atoms with van der Waals surface area (Å²) in [5.41, 5.74) is 13.7. The number of carbonyl (C=O) groups is 2. The van der Waals surface area contributed by atoms with Gasteiger partial charge in [-0.3, -0.25) is 0 Å². The molecule has 1 N–H and O–H groups in total. The minimum atomic E-state index is -1.53. The van der Waals surface area contributed by atoms with Crippen molar-refractivity contribution in [1.29, 1.82) is 0 Å². The minimum absolute atomic E-state index is 0.0478. The highest BCUT2D eigenvalue weighted by Crippen LogP contribution is 2.39. The van der Waals surface area contributed by atoms with Crippen LogP contribution >= 0.6 is 0 Å². The second kappa shape index (κ2) is 23.7. The highest BCUT2D eigenvalue weighted by molar-refractivity contribution is 5.75. The van der Waals surface area contributed by atoms with E-state index >= 15 is 0 Å². The quantitative estimate of drug-likeness (QED) is 0.0397. The maximum atomic E-state index is 14.2. The molecule has 17 nitrogen and oxygen atoms in total. The number of fused-ring (bicyclic) bond motifs is 1. The molecule has 0 bridgehead atoms. The maximum absolute atomic E-state index is 14.2. The van der Waals surface area contributed by atoms with Gasteiger partial charge in [0, 0.05) is 4.91 Å². The summed E-state index contributed by atoms with van der Waals surface area (Å²) < 4.78 is 72.0. The lowest BCUT2D eigenvalue weighted by atomic mass is 9.92. The van der Waals surface area contributed by atoms with Crippen LogP contribution in [-0.4, -0.2) is 111 Å². The predicted octanol–water partition coefficient (Wildman–Crippen LogP) is 7.48. The number of azide groups is 1. The summed E-state index contributed by atoms with van der Waals surface area (Å²) in [6, 6.07) is 36.7. The van der Waals surface area contributed by atoms with E-state index in [1.165, 1.54) is 7.11 Å². The van der Waals surface area contributed by atoms with Crippen molar-refractivity contribution in [2.45, 2.75) is 152 Å². The van der Waals surface area contributed by atoms with Crippen LogP contribution in [0.5, 0.6) is 0 Å². The molecule has 4 heterocycles. The Kier molecular flexibility index (Phi) is 17.1. The van der Waals surface area contributed by atoms with E-state index < -0.39 is 97.8 Å². The lowest BCUT2D eigenvalue weighted by molar-refractivity contribution is -0.365. The maximum Gasteiger partial charge on any atom is 0.408 e. The second-order valence-electron chi connectivity index (χ2n) is 17.2. The zero-order valence-electron chi connectivity index (χ0n) is 38.6. The van der Waals surface area contributed by atoms with Gasteiger partial charge in [0.1, 0.15) is 42.7 Å². The number of carbonyl (C=O) groups excluding carboxylic acids is 2. The third kappa shape index (κ3) is 11.7. The number of hydrogen-bond acceptors (Lipinski definition) is 14. The first-order valence-electron chi connectivity index (χ1n) is 23.3. The molecule has 0 aromatic heterocycles. The molecular weight excluding hydrogens is 877 g/mol. The van der Waals surface area contributed by atoms with Crippen LogP contribution in [-0.2, 0) is 83.3 Å². The van der Waals surface area contributed by atoms with Gasteiger partial charge in [-0.2, -0.15) is 0 Å². The molecule has 17 heteroatoms. The molecule has 4 saturated heterocycles. The van der Waals surface area contributed by atoms with Gasteiger partial charge in [-0.15, -0.1) is 0 Å². The van der Waals surface area contributed by atoms with Crippen molar-refractivity contribution in [3.05, 3.63) is 154 Å². The van der Waals surface area contributed by atoms with Crippen molar-refractivity contribution in [3.63, 3.8) is 0 Å². The fraction of sp³-hybridized carbons (Fsp3) is 0.490. The first kappa shape index (κ1) is 49.0.